The van der Waals surface area contributed by atoms with Gasteiger partial charge in [0.05, 0.1) is 19.2 Å². The molecule has 0 radical (unpaired) electrons. The monoisotopic (exact) mass is 293 g/mol. The average molecular weight is 293 g/mol. The Kier molecular flexibility index (Phi) is 6.23. The summed E-state index contributed by atoms with van der Waals surface area (Å²) >= 11 is 0. The normalized spacial score (nSPS) is 17.6. The van der Waals surface area contributed by atoms with Gasteiger partial charge in [-0.2, -0.15) is 5.10 Å². The first-order valence-electron chi connectivity index (χ1n) is 8.16. The third-order valence-electron chi connectivity index (χ3n) is 3.99. The number of hydrogen-bond acceptors (Lipinski definition) is 4. The van der Waals surface area contributed by atoms with Crippen LogP contribution in [0.4, 0.5) is 0 Å². The highest BCUT2D eigenvalue weighted by Gasteiger charge is 2.26. The van der Waals surface area contributed by atoms with Crippen molar-refractivity contribution < 1.29 is 9.53 Å². The molecule has 1 aliphatic rings. The maximum atomic E-state index is 11.9. The van der Waals surface area contributed by atoms with Crippen molar-refractivity contribution in [1.82, 2.24) is 14.7 Å². The van der Waals surface area contributed by atoms with E-state index < -0.39 is 0 Å². The summed E-state index contributed by atoms with van der Waals surface area (Å²) in [4.78, 5) is 14.3. The Morgan fingerprint density at radius 3 is 2.76 bits per heavy atom. The van der Waals surface area contributed by atoms with Crippen molar-refractivity contribution in [3.63, 3.8) is 0 Å². The third-order valence-corrected chi connectivity index (χ3v) is 3.99. The molecule has 0 spiro atoms. The van der Waals surface area contributed by atoms with Gasteiger partial charge in [0.2, 0.25) is 0 Å². The van der Waals surface area contributed by atoms with E-state index in [0.717, 1.165) is 31.6 Å². The number of esters is 1. The minimum Gasteiger partial charge on any atom is -0.466 e. The predicted octanol–water partition coefficient (Wildman–Crippen LogP) is 2.77. The van der Waals surface area contributed by atoms with Gasteiger partial charge < -0.3 is 4.74 Å². The van der Waals surface area contributed by atoms with Gasteiger partial charge in [-0.1, -0.05) is 13.3 Å². The van der Waals surface area contributed by atoms with Crippen LogP contribution in [0.15, 0.2) is 12.4 Å². The van der Waals surface area contributed by atoms with E-state index >= 15 is 0 Å². The fraction of sp³-hybridized carbons (Fsp3) is 0.750. The number of nitrogens with zero attached hydrogens (tertiary/aromatic N) is 3. The molecule has 2 rings (SSSR count). The summed E-state index contributed by atoms with van der Waals surface area (Å²) in [5.41, 5.74) is 1.14. The molecule has 1 aromatic rings. The number of piperidine rings is 1. The van der Waals surface area contributed by atoms with Crippen LogP contribution in [-0.2, 0) is 16.1 Å². The number of aryl methyl sites for hydroxylation is 1. The zero-order chi connectivity index (χ0) is 15.1. The van der Waals surface area contributed by atoms with Crippen molar-refractivity contribution in [1.29, 1.82) is 0 Å². The van der Waals surface area contributed by atoms with E-state index in [1.807, 2.05) is 17.8 Å². The lowest BCUT2D eigenvalue weighted by atomic mass is 10.0. The fourth-order valence-electron chi connectivity index (χ4n) is 2.97. The van der Waals surface area contributed by atoms with Crippen LogP contribution in [0, 0.1) is 0 Å². The van der Waals surface area contributed by atoms with E-state index in [-0.39, 0.29) is 12.0 Å². The van der Waals surface area contributed by atoms with Gasteiger partial charge in [-0.05, 0) is 39.3 Å². The number of likely N-dealkylation sites (tertiary alicyclic amines) is 1. The van der Waals surface area contributed by atoms with Crippen molar-refractivity contribution >= 4 is 5.97 Å². The summed E-state index contributed by atoms with van der Waals surface area (Å²) in [5.74, 6) is -0.115. The molecular weight excluding hydrogens is 266 g/mol. The first kappa shape index (κ1) is 16.0. The van der Waals surface area contributed by atoms with E-state index in [1.54, 1.807) is 0 Å². The topological polar surface area (TPSA) is 47.4 Å². The van der Waals surface area contributed by atoms with E-state index in [0.29, 0.717) is 13.0 Å². The molecule has 0 aliphatic carbocycles. The van der Waals surface area contributed by atoms with Crippen LogP contribution in [0.1, 0.15) is 57.6 Å². The minimum atomic E-state index is -0.115. The van der Waals surface area contributed by atoms with Crippen LogP contribution in [0.3, 0.4) is 0 Å². The van der Waals surface area contributed by atoms with Gasteiger partial charge in [-0.25, -0.2) is 0 Å². The van der Waals surface area contributed by atoms with Crippen molar-refractivity contribution in [3.05, 3.63) is 18.0 Å². The molecule has 118 valence electrons. The summed E-state index contributed by atoms with van der Waals surface area (Å²) < 4.78 is 7.12. The Morgan fingerprint density at radius 1 is 1.33 bits per heavy atom. The number of aromatic nitrogens is 2. The van der Waals surface area contributed by atoms with Gasteiger partial charge in [-0.3, -0.25) is 14.4 Å². The number of carbonyl (C=O) groups excluding carboxylic acids is 1. The Bertz CT molecular complexity index is 438. The maximum Gasteiger partial charge on any atom is 0.307 e. The molecule has 0 bridgehead atoms. The van der Waals surface area contributed by atoms with Gasteiger partial charge in [-0.15, -0.1) is 0 Å². The molecule has 1 atom stereocenters. The van der Waals surface area contributed by atoms with E-state index in [9.17, 15) is 4.79 Å². The largest absolute Gasteiger partial charge is 0.466 e. The van der Waals surface area contributed by atoms with Gasteiger partial charge in [0.1, 0.15) is 0 Å². The van der Waals surface area contributed by atoms with Crippen LogP contribution in [0.2, 0.25) is 0 Å². The molecule has 0 amide bonds. The standard InChI is InChI=1S/C16H27N3O2/c1-3-8-19-13-14(12-17-19)15(11-16(20)21-4-2)18-9-6-5-7-10-18/h12-13,15H,3-11H2,1-2H3. The summed E-state index contributed by atoms with van der Waals surface area (Å²) in [7, 11) is 0. The van der Waals surface area contributed by atoms with Gasteiger partial charge in [0.15, 0.2) is 0 Å². The Balaban J connectivity index is 2.10. The zero-order valence-electron chi connectivity index (χ0n) is 13.3. The van der Waals surface area contributed by atoms with Crippen molar-refractivity contribution in [2.75, 3.05) is 19.7 Å². The number of rotatable bonds is 7. The Labute approximate surface area is 127 Å². The molecule has 2 heterocycles. The minimum absolute atomic E-state index is 0.106. The molecule has 0 aromatic carbocycles. The highest BCUT2D eigenvalue weighted by molar-refractivity contribution is 5.70. The molecule has 1 saturated heterocycles. The van der Waals surface area contributed by atoms with Gasteiger partial charge in [0, 0.05) is 24.3 Å². The second kappa shape index (κ2) is 8.17. The molecule has 1 aromatic heterocycles. The van der Waals surface area contributed by atoms with Crippen molar-refractivity contribution in [2.45, 2.75) is 58.5 Å². The first-order valence-corrected chi connectivity index (χ1v) is 8.16. The molecule has 5 nitrogen and oxygen atoms in total. The SMILES string of the molecule is CCCn1cc(C(CC(=O)OCC)N2CCCCC2)cn1. The molecule has 1 aliphatic heterocycles. The van der Waals surface area contributed by atoms with Gasteiger partial charge in [0.25, 0.3) is 0 Å². The highest BCUT2D eigenvalue weighted by atomic mass is 16.5. The summed E-state index contributed by atoms with van der Waals surface area (Å²) in [5, 5.41) is 4.41. The van der Waals surface area contributed by atoms with E-state index in [1.165, 1.54) is 19.3 Å². The molecule has 0 N–H and O–H groups in total. The molecular formula is C16H27N3O2. The fourth-order valence-corrected chi connectivity index (χ4v) is 2.97. The van der Waals surface area contributed by atoms with E-state index in [4.69, 9.17) is 4.74 Å². The lowest BCUT2D eigenvalue weighted by molar-refractivity contribution is -0.144. The summed E-state index contributed by atoms with van der Waals surface area (Å²) in [6.07, 6.45) is 9.19. The number of hydrogen-bond donors (Lipinski definition) is 0. The molecule has 0 saturated carbocycles. The predicted molar refractivity (Wildman–Crippen MR) is 81.9 cm³/mol. The Morgan fingerprint density at radius 2 is 2.10 bits per heavy atom. The quantitative estimate of drug-likeness (QED) is 0.725. The molecule has 5 heteroatoms. The first-order chi connectivity index (χ1) is 10.2. The van der Waals surface area contributed by atoms with Crippen LogP contribution >= 0.6 is 0 Å². The van der Waals surface area contributed by atoms with Crippen molar-refractivity contribution in [2.24, 2.45) is 0 Å². The van der Waals surface area contributed by atoms with Crippen molar-refractivity contribution in [3.8, 4) is 0 Å². The highest BCUT2D eigenvalue weighted by Crippen LogP contribution is 2.27. The summed E-state index contributed by atoms with van der Waals surface area (Å²) in [6, 6.07) is 0.106. The Hall–Kier alpha value is -1.36. The summed E-state index contributed by atoms with van der Waals surface area (Å²) in [6.45, 7) is 7.48. The lowest BCUT2D eigenvalue weighted by Crippen LogP contribution is -2.35. The van der Waals surface area contributed by atoms with Crippen LogP contribution in [0.25, 0.3) is 0 Å². The zero-order valence-corrected chi connectivity index (χ0v) is 13.3. The maximum absolute atomic E-state index is 11.9. The number of carbonyl (C=O) groups is 1. The second-order valence-electron chi connectivity index (χ2n) is 5.66. The number of ether oxygens (including phenoxy) is 1. The second-order valence-corrected chi connectivity index (χ2v) is 5.66. The molecule has 21 heavy (non-hydrogen) atoms. The van der Waals surface area contributed by atoms with Gasteiger partial charge >= 0.3 is 5.97 Å². The van der Waals surface area contributed by atoms with E-state index in [2.05, 4.69) is 23.1 Å². The molecule has 1 fully saturated rings. The van der Waals surface area contributed by atoms with Crippen LogP contribution < -0.4 is 0 Å². The lowest BCUT2D eigenvalue weighted by Gasteiger charge is -2.33. The smallest absolute Gasteiger partial charge is 0.307 e. The van der Waals surface area contributed by atoms with Crippen LogP contribution in [0.5, 0.6) is 0 Å². The third kappa shape index (κ3) is 4.56. The molecule has 1 unspecified atom stereocenters. The average Bonchev–Trinajstić information content (AvgIpc) is 2.95. The van der Waals surface area contributed by atoms with Crippen LogP contribution in [-0.4, -0.2) is 40.3 Å².